The third-order valence-corrected chi connectivity index (χ3v) is 8.15. The van der Waals surface area contributed by atoms with Gasteiger partial charge < -0.3 is 9.13 Å². The second-order valence-corrected chi connectivity index (χ2v) is 10.3. The monoisotopic (exact) mass is 543 g/mol. The molecule has 0 fully saturated rings. The Kier molecular flexibility index (Phi) is 7.01. The van der Waals surface area contributed by atoms with Gasteiger partial charge in [0.15, 0.2) is 0 Å². The molecule has 0 aliphatic heterocycles. The molecule has 5 nitrogen and oxygen atoms in total. The van der Waals surface area contributed by atoms with Crippen molar-refractivity contribution < 1.29 is 0 Å². The molecule has 0 unspecified atom stereocenters. The zero-order valence-electron chi connectivity index (χ0n) is 23.6. The highest BCUT2D eigenvalue weighted by molar-refractivity contribution is 5.75. The number of imidazole rings is 1. The van der Waals surface area contributed by atoms with Crippen LogP contribution in [-0.2, 0) is 12.1 Å². The molecule has 0 amide bonds. The zero-order chi connectivity index (χ0) is 29.1. The SMILES string of the molecule is Cc1c(C#N)c(-c2ccc(C#N)cc2)c(C)n1Cc1nccn1C(c1ccccc1)(c1ccccc1)c1ccccc1. The van der Waals surface area contributed by atoms with E-state index in [2.05, 4.69) is 100 Å². The normalized spacial score (nSPS) is 11.1. The minimum absolute atomic E-state index is 0.476. The van der Waals surface area contributed by atoms with Gasteiger partial charge in [0.2, 0.25) is 0 Å². The Balaban J connectivity index is 1.57. The van der Waals surface area contributed by atoms with Crippen molar-refractivity contribution in [3.63, 3.8) is 0 Å². The molecule has 0 atom stereocenters. The molecule has 202 valence electrons. The van der Waals surface area contributed by atoms with Crippen LogP contribution in [0.1, 0.15) is 45.0 Å². The highest BCUT2D eigenvalue weighted by atomic mass is 15.2. The van der Waals surface area contributed by atoms with Crippen LogP contribution in [0.5, 0.6) is 0 Å². The van der Waals surface area contributed by atoms with Crippen molar-refractivity contribution >= 4 is 0 Å². The summed E-state index contributed by atoms with van der Waals surface area (Å²) < 4.78 is 4.45. The summed E-state index contributed by atoms with van der Waals surface area (Å²) in [6.45, 7) is 4.52. The molecule has 0 N–H and O–H groups in total. The summed E-state index contributed by atoms with van der Waals surface area (Å²) in [6.07, 6.45) is 3.92. The standard InChI is InChI=1S/C37H29N5/c1-27-34(25-39)36(30-20-18-29(24-38)19-21-30)28(2)41(27)26-35-40-22-23-42(35)37(31-12-6-3-7-13-31,32-14-8-4-9-15-32)33-16-10-5-11-17-33/h3-23H,26H2,1-2H3. The first-order chi connectivity index (χ1) is 20.6. The van der Waals surface area contributed by atoms with Crippen LogP contribution in [0.4, 0.5) is 0 Å². The van der Waals surface area contributed by atoms with E-state index in [0.717, 1.165) is 45.0 Å². The third-order valence-electron chi connectivity index (χ3n) is 8.15. The van der Waals surface area contributed by atoms with Crippen molar-refractivity contribution in [3.05, 3.63) is 173 Å². The van der Waals surface area contributed by atoms with Gasteiger partial charge >= 0.3 is 0 Å². The van der Waals surface area contributed by atoms with Gasteiger partial charge in [-0.3, -0.25) is 0 Å². The minimum atomic E-state index is -0.682. The number of rotatable bonds is 7. The van der Waals surface area contributed by atoms with Gasteiger partial charge in [0.05, 0.1) is 23.7 Å². The Hall–Kier alpha value is -5.65. The van der Waals surface area contributed by atoms with E-state index in [1.807, 2.05) is 50.4 Å². The molecule has 0 aliphatic carbocycles. The molecule has 5 heteroatoms. The van der Waals surface area contributed by atoms with Gasteiger partial charge in [-0.25, -0.2) is 4.98 Å². The van der Waals surface area contributed by atoms with Crippen molar-refractivity contribution in [1.82, 2.24) is 14.1 Å². The van der Waals surface area contributed by atoms with Crippen LogP contribution >= 0.6 is 0 Å². The molecule has 6 rings (SSSR count). The highest BCUT2D eigenvalue weighted by Crippen LogP contribution is 2.42. The first kappa shape index (κ1) is 26.6. The minimum Gasteiger partial charge on any atom is -0.340 e. The van der Waals surface area contributed by atoms with Gasteiger partial charge in [0.25, 0.3) is 0 Å². The molecule has 42 heavy (non-hydrogen) atoms. The summed E-state index contributed by atoms with van der Waals surface area (Å²) in [4.78, 5) is 4.92. The van der Waals surface area contributed by atoms with Gasteiger partial charge in [-0.1, -0.05) is 103 Å². The molecule has 0 saturated carbocycles. The first-order valence-electron chi connectivity index (χ1n) is 13.9. The summed E-state index contributed by atoms with van der Waals surface area (Å²) in [5.74, 6) is 0.864. The van der Waals surface area contributed by atoms with Crippen molar-refractivity contribution in [2.45, 2.75) is 25.9 Å². The number of nitrogens with zero attached hydrogens (tertiary/aromatic N) is 5. The van der Waals surface area contributed by atoms with E-state index in [1.165, 1.54) is 0 Å². The molecule has 0 spiro atoms. The molecule has 0 bridgehead atoms. The summed E-state index contributed by atoms with van der Waals surface area (Å²) in [5.41, 5.74) is 7.58. The lowest BCUT2D eigenvalue weighted by Crippen LogP contribution is -2.39. The lowest BCUT2D eigenvalue weighted by molar-refractivity contribution is 0.482. The van der Waals surface area contributed by atoms with Gasteiger partial charge in [0.1, 0.15) is 17.4 Å². The predicted molar refractivity (Wildman–Crippen MR) is 165 cm³/mol. The van der Waals surface area contributed by atoms with E-state index >= 15 is 0 Å². The van der Waals surface area contributed by atoms with Crippen LogP contribution in [0.25, 0.3) is 11.1 Å². The van der Waals surface area contributed by atoms with Gasteiger partial charge in [-0.15, -0.1) is 0 Å². The van der Waals surface area contributed by atoms with Gasteiger partial charge in [-0.05, 0) is 48.2 Å². The maximum absolute atomic E-state index is 10.2. The van der Waals surface area contributed by atoms with Crippen LogP contribution in [-0.4, -0.2) is 14.1 Å². The number of hydrogen-bond donors (Lipinski definition) is 0. The van der Waals surface area contributed by atoms with Crippen LogP contribution in [0, 0.1) is 36.5 Å². The zero-order valence-corrected chi connectivity index (χ0v) is 23.6. The lowest BCUT2D eigenvalue weighted by Gasteiger charge is -2.38. The van der Waals surface area contributed by atoms with Crippen LogP contribution in [0.15, 0.2) is 128 Å². The number of benzene rings is 4. The summed E-state index contributed by atoms with van der Waals surface area (Å²) in [7, 11) is 0. The number of hydrogen-bond acceptors (Lipinski definition) is 3. The molecule has 0 saturated heterocycles. The molecule has 0 radical (unpaired) electrons. The Morgan fingerprint density at radius 2 is 1.19 bits per heavy atom. The van der Waals surface area contributed by atoms with Crippen LogP contribution in [0.2, 0.25) is 0 Å². The Morgan fingerprint density at radius 3 is 1.67 bits per heavy atom. The quantitative estimate of drug-likeness (QED) is 0.195. The average Bonchev–Trinajstić information content (AvgIpc) is 3.61. The second kappa shape index (κ2) is 11.1. The van der Waals surface area contributed by atoms with E-state index in [0.29, 0.717) is 17.7 Å². The average molecular weight is 544 g/mol. The molecular weight excluding hydrogens is 514 g/mol. The maximum atomic E-state index is 10.2. The fourth-order valence-electron chi connectivity index (χ4n) is 6.18. The molecule has 2 aromatic heterocycles. The predicted octanol–water partition coefficient (Wildman–Crippen LogP) is 7.60. The summed E-state index contributed by atoms with van der Waals surface area (Å²) >= 11 is 0. The Labute approximate surface area is 246 Å². The van der Waals surface area contributed by atoms with Crippen molar-refractivity contribution in [1.29, 1.82) is 10.5 Å². The summed E-state index contributed by atoms with van der Waals surface area (Å²) in [5, 5.41) is 19.5. The van der Waals surface area contributed by atoms with Crippen molar-refractivity contribution in [2.24, 2.45) is 0 Å². The Morgan fingerprint density at radius 1 is 0.667 bits per heavy atom. The fourth-order valence-corrected chi connectivity index (χ4v) is 6.18. The van der Waals surface area contributed by atoms with Crippen molar-refractivity contribution in [3.8, 4) is 23.3 Å². The smallest absolute Gasteiger partial charge is 0.130 e. The topological polar surface area (TPSA) is 70.3 Å². The van der Waals surface area contributed by atoms with E-state index in [9.17, 15) is 10.5 Å². The number of nitriles is 2. The molecular formula is C37H29N5. The summed E-state index contributed by atoms with van der Waals surface area (Å²) in [6, 6.07) is 43.7. The lowest BCUT2D eigenvalue weighted by atomic mass is 9.76. The number of aromatic nitrogens is 3. The first-order valence-corrected chi connectivity index (χ1v) is 13.9. The highest BCUT2D eigenvalue weighted by Gasteiger charge is 2.39. The van der Waals surface area contributed by atoms with E-state index in [4.69, 9.17) is 4.98 Å². The third kappa shape index (κ3) is 4.29. The molecule has 6 aromatic rings. The molecule has 4 aromatic carbocycles. The second-order valence-electron chi connectivity index (χ2n) is 10.3. The molecule has 0 aliphatic rings. The van der Waals surface area contributed by atoms with Crippen molar-refractivity contribution in [2.75, 3.05) is 0 Å². The fraction of sp³-hybridized carbons (Fsp3) is 0.108. The van der Waals surface area contributed by atoms with E-state index in [1.54, 1.807) is 12.1 Å². The van der Waals surface area contributed by atoms with Crippen LogP contribution < -0.4 is 0 Å². The molecule has 2 heterocycles. The van der Waals surface area contributed by atoms with Crippen LogP contribution in [0.3, 0.4) is 0 Å². The maximum Gasteiger partial charge on any atom is 0.130 e. The Bertz CT molecular complexity index is 1820. The largest absolute Gasteiger partial charge is 0.340 e. The van der Waals surface area contributed by atoms with E-state index < -0.39 is 5.54 Å². The van der Waals surface area contributed by atoms with Gasteiger partial charge in [-0.2, -0.15) is 10.5 Å². The van der Waals surface area contributed by atoms with Gasteiger partial charge in [0, 0.05) is 29.3 Å². The van der Waals surface area contributed by atoms with E-state index in [-0.39, 0.29) is 0 Å².